The Hall–Kier alpha value is -1.60. The molecule has 0 aliphatic carbocycles. The molecule has 1 amide bonds. The van der Waals surface area contributed by atoms with Gasteiger partial charge in [-0.15, -0.1) is 0 Å². The minimum Gasteiger partial charge on any atom is -0.466 e. The Kier molecular flexibility index (Phi) is 48.9. The van der Waals surface area contributed by atoms with Gasteiger partial charge in [0.05, 0.1) is 32.0 Å². The Morgan fingerprint density at radius 3 is 1.29 bits per heavy atom. The van der Waals surface area contributed by atoms with E-state index in [0.717, 1.165) is 57.8 Å². The number of unbranched alkanes of at least 4 members (excludes halogenated alkanes) is 40. The molecule has 6 N–H and O–H groups in total. The van der Waals surface area contributed by atoms with Crippen molar-refractivity contribution in [1.29, 1.82) is 0 Å². The zero-order valence-electron chi connectivity index (χ0n) is 46.9. The Balaban J connectivity index is 1.98. The van der Waals surface area contributed by atoms with Gasteiger partial charge in [0.25, 0.3) is 0 Å². The number of allylic oxidation sites excluding steroid dienone is 1. The van der Waals surface area contributed by atoms with Crippen LogP contribution in [-0.2, 0) is 23.8 Å². The van der Waals surface area contributed by atoms with Crippen LogP contribution >= 0.6 is 0 Å². The van der Waals surface area contributed by atoms with E-state index in [1.165, 1.54) is 218 Å². The van der Waals surface area contributed by atoms with Crippen molar-refractivity contribution >= 4 is 11.9 Å². The van der Waals surface area contributed by atoms with Crippen molar-refractivity contribution in [3.8, 4) is 0 Å². The summed E-state index contributed by atoms with van der Waals surface area (Å²) in [5.74, 6) is -0.178. The fourth-order valence-electron chi connectivity index (χ4n) is 9.97. The highest BCUT2D eigenvalue weighted by Gasteiger charge is 2.44. The molecule has 0 spiro atoms. The van der Waals surface area contributed by atoms with Crippen molar-refractivity contribution in [3.63, 3.8) is 0 Å². The number of nitrogens with one attached hydrogen (secondary N) is 1. The van der Waals surface area contributed by atoms with Crippen LogP contribution in [0, 0.1) is 0 Å². The van der Waals surface area contributed by atoms with Crippen LogP contribution in [0.3, 0.4) is 0 Å². The maximum atomic E-state index is 13.0. The Bertz CT molecular complexity index is 1200. The quantitative estimate of drug-likeness (QED) is 0.0195. The van der Waals surface area contributed by atoms with Gasteiger partial charge in [0, 0.05) is 12.8 Å². The van der Waals surface area contributed by atoms with Crippen LogP contribution in [0.1, 0.15) is 303 Å². The lowest BCUT2D eigenvalue weighted by Gasteiger charge is -2.40. The van der Waals surface area contributed by atoms with Gasteiger partial charge in [0.15, 0.2) is 6.29 Å². The minimum atomic E-state index is -1.57. The van der Waals surface area contributed by atoms with Crippen molar-refractivity contribution in [2.45, 2.75) is 346 Å². The first kappa shape index (κ1) is 68.4. The molecule has 1 aliphatic rings. The van der Waals surface area contributed by atoms with Gasteiger partial charge < -0.3 is 45.1 Å². The number of carbonyl (C=O) groups is 2. The summed E-state index contributed by atoms with van der Waals surface area (Å²) in [5.41, 5.74) is 0. The van der Waals surface area contributed by atoms with Gasteiger partial charge in [-0.1, -0.05) is 270 Å². The normalized spacial score (nSPS) is 19.0. The Labute approximate surface area is 442 Å². The monoisotopic (exact) mass is 1020 g/mol. The summed E-state index contributed by atoms with van der Waals surface area (Å²) in [7, 11) is 0. The number of hydrogen-bond donors (Lipinski definition) is 6. The SMILES string of the molecule is CCCCCCCCC/C=C/C(O)C(COC1OC(CO)C(O)C(O)C1O)NC(=O)CCCCCCCCCCCCCCCCCCCCCCCCCOC(=O)CCCCCCCCCCCCCC. The number of amides is 1. The maximum Gasteiger partial charge on any atom is 0.305 e. The van der Waals surface area contributed by atoms with Gasteiger partial charge in [0.1, 0.15) is 24.4 Å². The zero-order chi connectivity index (χ0) is 52.4. The van der Waals surface area contributed by atoms with Crippen molar-refractivity contribution < 1.29 is 49.3 Å². The summed E-state index contributed by atoms with van der Waals surface area (Å²) in [6, 6.07) is -0.807. The molecule has 11 heteroatoms. The standard InChI is InChI=1S/C61H117NO10/c1-3-5-7-9-11-13-14-29-33-37-41-45-49-57(66)70-50-46-42-38-34-30-27-25-23-21-19-17-15-16-18-20-22-24-26-28-32-36-40-44-48-56(65)62-53(54(64)47-43-39-35-31-12-10-8-6-4-2)52-71-61-60(69)59(68)58(67)55(51-63)72-61/h43,47,53-55,58-61,63-64,67-69H,3-42,44-46,48-52H2,1-2H3,(H,62,65)/b47-43+. The first-order chi connectivity index (χ1) is 35.2. The lowest BCUT2D eigenvalue weighted by Crippen LogP contribution is -2.60. The number of carbonyl (C=O) groups excluding carboxylic acids is 2. The highest BCUT2D eigenvalue weighted by Crippen LogP contribution is 2.23. The van der Waals surface area contributed by atoms with Crippen LogP contribution in [0.2, 0.25) is 0 Å². The molecule has 0 bridgehead atoms. The average Bonchev–Trinajstić information content (AvgIpc) is 3.38. The van der Waals surface area contributed by atoms with Gasteiger partial charge in [-0.3, -0.25) is 9.59 Å². The van der Waals surface area contributed by atoms with E-state index in [2.05, 4.69) is 19.2 Å². The zero-order valence-corrected chi connectivity index (χ0v) is 46.9. The lowest BCUT2D eigenvalue weighted by molar-refractivity contribution is -0.302. The molecule has 0 aromatic carbocycles. The van der Waals surface area contributed by atoms with Gasteiger partial charge in [0.2, 0.25) is 5.91 Å². The van der Waals surface area contributed by atoms with E-state index < -0.39 is 49.5 Å². The van der Waals surface area contributed by atoms with E-state index in [4.69, 9.17) is 14.2 Å². The summed E-state index contributed by atoms with van der Waals surface area (Å²) in [6.45, 7) is 4.33. The number of aliphatic hydroxyl groups is 5. The van der Waals surface area contributed by atoms with Crippen LogP contribution in [0.15, 0.2) is 12.2 Å². The second kappa shape index (κ2) is 51.5. The average molecular weight is 1020 g/mol. The van der Waals surface area contributed by atoms with E-state index in [9.17, 15) is 35.1 Å². The molecular formula is C61H117NO10. The highest BCUT2D eigenvalue weighted by molar-refractivity contribution is 5.76. The second-order valence-corrected chi connectivity index (χ2v) is 21.8. The van der Waals surface area contributed by atoms with Crippen molar-refractivity contribution in [2.24, 2.45) is 0 Å². The van der Waals surface area contributed by atoms with Crippen molar-refractivity contribution in [1.82, 2.24) is 5.32 Å². The Morgan fingerprint density at radius 2 is 0.875 bits per heavy atom. The molecule has 0 radical (unpaired) electrons. The molecule has 0 saturated carbocycles. The third-order valence-corrected chi connectivity index (χ3v) is 14.9. The van der Waals surface area contributed by atoms with Gasteiger partial charge in [-0.05, 0) is 32.1 Å². The molecule has 1 aliphatic heterocycles. The van der Waals surface area contributed by atoms with Crippen LogP contribution in [0.4, 0.5) is 0 Å². The lowest BCUT2D eigenvalue weighted by atomic mass is 9.99. The summed E-state index contributed by atoms with van der Waals surface area (Å²) in [5, 5.41) is 54.2. The van der Waals surface area contributed by atoms with Crippen molar-refractivity contribution in [3.05, 3.63) is 12.2 Å². The third-order valence-electron chi connectivity index (χ3n) is 14.9. The molecule has 426 valence electrons. The van der Waals surface area contributed by atoms with E-state index in [1.807, 2.05) is 6.08 Å². The number of esters is 1. The maximum absolute atomic E-state index is 13.0. The smallest absolute Gasteiger partial charge is 0.305 e. The molecule has 11 nitrogen and oxygen atoms in total. The minimum absolute atomic E-state index is 0.00368. The Morgan fingerprint density at radius 1 is 0.500 bits per heavy atom. The number of ether oxygens (including phenoxy) is 3. The van der Waals surface area contributed by atoms with Crippen LogP contribution in [-0.4, -0.2) is 100 Å². The third kappa shape index (κ3) is 40.7. The first-order valence-corrected chi connectivity index (χ1v) is 31.0. The highest BCUT2D eigenvalue weighted by atomic mass is 16.7. The topological polar surface area (TPSA) is 175 Å². The van der Waals surface area contributed by atoms with E-state index in [1.54, 1.807) is 6.08 Å². The molecule has 0 aromatic rings. The first-order valence-electron chi connectivity index (χ1n) is 31.0. The molecule has 7 atom stereocenters. The molecule has 7 unspecified atom stereocenters. The summed E-state index contributed by atoms with van der Waals surface area (Å²) in [4.78, 5) is 25.0. The molecule has 0 aromatic heterocycles. The van der Waals surface area contributed by atoms with Gasteiger partial charge in [-0.25, -0.2) is 0 Å². The van der Waals surface area contributed by atoms with Crippen LogP contribution in [0.5, 0.6) is 0 Å². The second-order valence-electron chi connectivity index (χ2n) is 21.8. The van der Waals surface area contributed by atoms with Crippen LogP contribution < -0.4 is 5.32 Å². The van der Waals surface area contributed by atoms with Crippen molar-refractivity contribution in [2.75, 3.05) is 19.8 Å². The molecular weight excluding hydrogens is 907 g/mol. The van der Waals surface area contributed by atoms with Gasteiger partial charge in [-0.2, -0.15) is 0 Å². The number of hydrogen-bond acceptors (Lipinski definition) is 10. The fraction of sp³-hybridized carbons (Fsp3) is 0.934. The molecule has 1 fully saturated rings. The summed E-state index contributed by atoms with van der Waals surface area (Å²) >= 11 is 0. The number of rotatable bonds is 54. The predicted octanol–water partition coefficient (Wildman–Crippen LogP) is 14.3. The van der Waals surface area contributed by atoms with E-state index in [-0.39, 0.29) is 18.5 Å². The predicted molar refractivity (Wildman–Crippen MR) is 297 cm³/mol. The molecule has 72 heavy (non-hydrogen) atoms. The molecule has 1 heterocycles. The van der Waals surface area contributed by atoms with Gasteiger partial charge >= 0.3 is 5.97 Å². The summed E-state index contributed by atoms with van der Waals surface area (Å²) < 4.78 is 16.7. The number of aliphatic hydroxyl groups excluding tert-OH is 5. The van der Waals surface area contributed by atoms with E-state index >= 15 is 0 Å². The largest absolute Gasteiger partial charge is 0.466 e. The van der Waals surface area contributed by atoms with E-state index in [0.29, 0.717) is 19.4 Å². The van der Waals surface area contributed by atoms with Crippen LogP contribution in [0.25, 0.3) is 0 Å². The fourth-order valence-corrected chi connectivity index (χ4v) is 9.97. The molecule has 1 saturated heterocycles. The molecule has 1 rings (SSSR count). The summed E-state index contributed by atoms with van der Waals surface area (Å²) in [6.07, 6.45) is 50.4.